The van der Waals surface area contributed by atoms with Gasteiger partial charge in [0.25, 0.3) is 0 Å². The van der Waals surface area contributed by atoms with Gasteiger partial charge in [0, 0.05) is 19.4 Å². The number of piperidine rings is 1. The van der Waals surface area contributed by atoms with Gasteiger partial charge in [0.05, 0.1) is 0 Å². The van der Waals surface area contributed by atoms with Crippen molar-refractivity contribution in [2.45, 2.75) is 64.0 Å². The molecule has 21 heavy (non-hydrogen) atoms. The van der Waals surface area contributed by atoms with Crippen LogP contribution in [0.15, 0.2) is 0 Å². The summed E-state index contributed by atoms with van der Waals surface area (Å²) in [4.78, 5) is 24.6. The van der Waals surface area contributed by atoms with E-state index in [0.29, 0.717) is 6.42 Å². The smallest absolute Gasteiger partial charge is 0.411 e. The molecule has 1 saturated heterocycles. The van der Waals surface area contributed by atoms with Crippen molar-refractivity contribution in [2.75, 3.05) is 6.54 Å². The van der Waals surface area contributed by atoms with Crippen molar-refractivity contribution in [1.29, 1.82) is 0 Å². The van der Waals surface area contributed by atoms with Crippen molar-refractivity contribution >= 4 is 12.1 Å². The molecule has 1 atom stereocenters. The average molecular weight is 305 g/mol. The van der Waals surface area contributed by atoms with Crippen molar-refractivity contribution in [3.05, 3.63) is 0 Å². The molecule has 1 heterocycles. The third-order valence-corrected chi connectivity index (χ3v) is 4.07. The Balaban J connectivity index is 2.08. The zero-order valence-electron chi connectivity index (χ0n) is 12.5. The molecule has 2 fully saturated rings. The quantitative estimate of drug-likeness (QED) is 0.809. The number of carbonyl (C=O) groups is 2. The Kier molecular flexibility index (Phi) is 3.66. The second kappa shape index (κ2) is 4.81. The minimum Gasteiger partial charge on any atom is -0.480 e. The highest BCUT2D eigenvalue weighted by atomic mass is 19.3. The normalized spacial score (nSPS) is 27.1. The Morgan fingerprint density at radius 2 is 1.86 bits per heavy atom. The van der Waals surface area contributed by atoms with E-state index in [4.69, 9.17) is 4.74 Å². The standard InChI is InChI=1S/C14H21F2NO4/c1-12(2,3)21-11(20)17-5-4-13(6-9(17)10(18)19)7-14(15,16)8-13/h9H,4-8H2,1-3H3,(H,18,19). The predicted octanol–water partition coefficient (Wildman–Crippen LogP) is 2.89. The lowest BCUT2D eigenvalue weighted by atomic mass is 9.59. The van der Waals surface area contributed by atoms with Crippen molar-refractivity contribution in [3.63, 3.8) is 0 Å². The summed E-state index contributed by atoms with van der Waals surface area (Å²) in [7, 11) is 0. The van der Waals surface area contributed by atoms with Gasteiger partial charge in [0.2, 0.25) is 5.92 Å². The average Bonchev–Trinajstić information content (AvgIpc) is 2.23. The van der Waals surface area contributed by atoms with Gasteiger partial charge >= 0.3 is 12.1 Å². The molecule has 2 rings (SSSR count). The van der Waals surface area contributed by atoms with Crippen LogP contribution < -0.4 is 0 Å². The monoisotopic (exact) mass is 305 g/mol. The van der Waals surface area contributed by atoms with Crippen LogP contribution >= 0.6 is 0 Å². The molecule has 5 nitrogen and oxygen atoms in total. The summed E-state index contributed by atoms with van der Waals surface area (Å²) in [6.07, 6.45) is -0.809. The van der Waals surface area contributed by atoms with Gasteiger partial charge in [-0.1, -0.05) is 0 Å². The molecule has 1 amide bonds. The number of nitrogens with zero attached hydrogens (tertiary/aromatic N) is 1. The molecule has 7 heteroatoms. The van der Waals surface area contributed by atoms with E-state index >= 15 is 0 Å². The molecule has 0 aromatic carbocycles. The number of carbonyl (C=O) groups excluding carboxylic acids is 1. The van der Waals surface area contributed by atoms with E-state index in [-0.39, 0.29) is 25.8 Å². The van der Waals surface area contributed by atoms with Gasteiger partial charge in [0.15, 0.2) is 0 Å². The number of hydrogen-bond donors (Lipinski definition) is 1. The van der Waals surface area contributed by atoms with E-state index in [2.05, 4.69) is 0 Å². The molecule has 0 aromatic rings. The van der Waals surface area contributed by atoms with E-state index in [1.807, 2.05) is 0 Å². The molecule has 1 aliphatic carbocycles. The van der Waals surface area contributed by atoms with Crippen LogP contribution in [0.25, 0.3) is 0 Å². The lowest BCUT2D eigenvalue weighted by Crippen LogP contribution is -2.59. The van der Waals surface area contributed by atoms with Crippen LogP contribution in [0.2, 0.25) is 0 Å². The van der Waals surface area contributed by atoms with Crippen molar-refractivity contribution in [2.24, 2.45) is 5.41 Å². The first-order chi connectivity index (χ1) is 9.43. The number of ether oxygens (including phenoxy) is 1. The number of likely N-dealkylation sites (tertiary alicyclic amines) is 1. The highest BCUT2D eigenvalue weighted by Crippen LogP contribution is 2.58. The largest absolute Gasteiger partial charge is 0.480 e. The Hall–Kier alpha value is -1.40. The number of carboxylic acid groups (broad SMARTS) is 1. The first-order valence-electron chi connectivity index (χ1n) is 7.03. The van der Waals surface area contributed by atoms with Crippen LogP contribution in [-0.2, 0) is 9.53 Å². The van der Waals surface area contributed by atoms with Crippen LogP contribution in [0.5, 0.6) is 0 Å². The van der Waals surface area contributed by atoms with Crippen LogP contribution in [0, 0.1) is 5.41 Å². The maximum atomic E-state index is 13.1. The van der Waals surface area contributed by atoms with Crippen LogP contribution in [0.3, 0.4) is 0 Å². The second-order valence-corrected chi connectivity index (χ2v) is 7.19. The molecule has 1 saturated carbocycles. The molecule has 0 radical (unpaired) electrons. The number of amides is 1. The van der Waals surface area contributed by atoms with Gasteiger partial charge in [-0.2, -0.15) is 0 Å². The molecule has 1 aliphatic heterocycles. The molecule has 2 aliphatic rings. The topological polar surface area (TPSA) is 66.8 Å². The SMILES string of the molecule is CC(C)(C)OC(=O)N1CCC2(CC1C(=O)O)CC(F)(F)C2. The van der Waals surface area contributed by atoms with E-state index in [1.165, 1.54) is 0 Å². The Morgan fingerprint density at radius 3 is 2.29 bits per heavy atom. The summed E-state index contributed by atoms with van der Waals surface area (Å²) < 4.78 is 31.4. The van der Waals surface area contributed by atoms with Crippen molar-refractivity contribution in [1.82, 2.24) is 4.90 Å². The summed E-state index contributed by atoms with van der Waals surface area (Å²) in [5.41, 5.74) is -1.37. The third kappa shape index (κ3) is 3.44. The van der Waals surface area contributed by atoms with Gasteiger partial charge < -0.3 is 9.84 Å². The molecule has 0 aromatic heterocycles. The predicted molar refractivity (Wildman–Crippen MR) is 70.2 cm³/mol. The van der Waals surface area contributed by atoms with Gasteiger partial charge in [0.1, 0.15) is 11.6 Å². The van der Waals surface area contributed by atoms with E-state index < -0.39 is 35.0 Å². The molecule has 1 unspecified atom stereocenters. The maximum absolute atomic E-state index is 13.1. The highest BCUT2D eigenvalue weighted by Gasteiger charge is 2.59. The molecule has 0 bridgehead atoms. The number of carboxylic acids is 1. The van der Waals surface area contributed by atoms with Gasteiger partial charge in [-0.3, -0.25) is 4.90 Å². The number of aliphatic carboxylic acids is 1. The van der Waals surface area contributed by atoms with Crippen LogP contribution in [0.4, 0.5) is 13.6 Å². The summed E-state index contributed by atoms with van der Waals surface area (Å²) in [5, 5.41) is 9.30. The number of rotatable bonds is 1. The fourth-order valence-corrected chi connectivity index (χ4v) is 3.26. The zero-order chi connectivity index (χ0) is 16.1. The summed E-state index contributed by atoms with van der Waals surface area (Å²) >= 11 is 0. The zero-order valence-corrected chi connectivity index (χ0v) is 12.5. The summed E-state index contributed by atoms with van der Waals surface area (Å²) in [5.74, 6) is -3.87. The lowest BCUT2D eigenvalue weighted by molar-refractivity contribution is -0.189. The van der Waals surface area contributed by atoms with Gasteiger partial charge in [-0.15, -0.1) is 0 Å². The Labute approximate surface area is 122 Å². The van der Waals surface area contributed by atoms with E-state index in [1.54, 1.807) is 20.8 Å². The first-order valence-corrected chi connectivity index (χ1v) is 7.03. The van der Waals surface area contributed by atoms with E-state index in [9.17, 15) is 23.5 Å². The Morgan fingerprint density at radius 1 is 1.29 bits per heavy atom. The van der Waals surface area contributed by atoms with Crippen molar-refractivity contribution < 1.29 is 28.2 Å². The minimum atomic E-state index is -2.70. The lowest BCUT2D eigenvalue weighted by Gasteiger charge is -2.53. The molecular weight excluding hydrogens is 284 g/mol. The minimum absolute atomic E-state index is 0.0666. The third-order valence-electron chi connectivity index (χ3n) is 4.07. The molecule has 120 valence electrons. The molecular formula is C14H21F2NO4. The maximum Gasteiger partial charge on any atom is 0.411 e. The van der Waals surface area contributed by atoms with Gasteiger partial charge in [-0.25, -0.2) is 18.4 Å². The highest BCUT2D eigenvalue weighted by molar-refractivity contribution is 5.80. The van der Waals surface area contributed by atoms with Crippen LogP contribution in [0.1, 0.15) is 46.5 Å². The Bertz CT molecular complexity index is 450. The molecule has 1 N–H and O–H groups in total. The molecule has 1 spiro atoms. The van der Waals surface area contributed by atoms with Gasteiger partial charge in [-0.05, 0) is 39.0 Å². The number of alkyl halides is 2. The first kappa shape index (κ1) is 16.0. The second-order valence-electron chi connectivity index (χ2n) is 7.19. The number of halogens is 2. The van der Waals surface area contributed by atoms with E-state index in [0.717, 1.165) is 4.90 Å². The fraction of sp³-hybridized carbons (Fsp3) is 0.857. The summed E-state index contributed by atoms with van der Waals surface area (Å²) in [6, 6.07) is -1.09. The number of hydrogen-bond acceptors (Lipinski definition) is 3. The van der Waals surface area contributed by atoms with Crippen LogP contribution in [-0.4, -0.2) is 46.2 Å². The summed E-state index contributed by atoms with van der Waals surface area (Å²) in [6.45, 7) is 5.22. The fourth-order valence-electron chi connectivity index (χ4n) is 3.26. The van der Waals surface area contributed by atoms with Crippen molar-refractivity contribution in [3.8, 4) is 0 Å².